The lowest BCUT2D eigenvalue weighted by molar-refractivity contribution is -0.142. The lowest BCUT2D eigenvalue weighted by Gasteiger charge is -2.27. The molecule has 0 spiro atoms. The number of rotatable bonds is 9. The minimum Gasteiger partial charge on any atom is -0.480 e. The molecule has 0 bridgehead atoms. The maximum absolute atomic E-state index is 13.1. The molecule has 1 fully saturated rings. The highest BCUT2D eigenvalue weighted by molar-refractivity contribution is 6.02. The van der Waals surface area contributed by atoms with Gasteiger partial charge in [0.05, 0.1) is 12.6 Å². The summed E-state index contributed by atoms with van der Waals surface area (Å²) in [4.78, 5) is 37.4. The number of nitrogens with zero attached hydrogens (tertiary/aromatic N) is 1. The lowest BCUT2D eigenvalue weighted by Crippen LogP contribution is -2.54. The van der Waals surface area contributed by atoms with Gasteiger partial charge < -0.3 is 20.3 Å². The number of carboxylic acid groups (broad SMARTS) is 2. The standard InChI is InChI=1S/C21H29N3O6/c25-19(26)11-24-18-4-2-1-3-15(18)5-6-16(20(24)27)23-17(21(28)29)13-30-12-14-7-9-22-10-8-14/h1-4,14,16-17,22-23H,5-13H2,(H,25,26)(H,28,29)/t16?,17-/m0/s1. The van der Waals surface area contributed by atoms with Crippen molar-refractivity contribution in [3.63, 3.8) is 0 Å². The minimum atomic E-state index is -1.13. The number of amides is 1. The smallest absolute Gasteiger partial charge is 0.323 e. The molecule has 9 nitrogen and oxygen atoms in total. The topological polar surface area (TPSA) is 128 Å². The molecule has 1 saturated heterocycles. The summed E-state index contributed by atoms with van der Waals surface area (Å²) in [6.45, 7) is 1.84. The van der Waals surface area contributed by atoms with Crippen LogP contribution in [0, 0.1) is 5.92 Å². The van der Waals surface area contributed by atoms with E-state index in [1.165, 1.54) is 4.90 Å². The monoisotopic (exact) mass is 419 g/mol. The average molecular weight is 419 g/mol. The van der Waals surface area contributed by atoms with Crippen LogP contribution in [0.15, 0.2) is 24.3 Å². The van der Waals surface area contributed by atoms with Crippen LogP contribution in [0.1, 0.15) is 24.8 Å². The Bertz CT molecular complexity index is 765. The largest absolute Gasteiger partial charge is 0.480 e. The Kier molecular flexibility index (Phi) is 7.78. The van der Waals surface area contributed by atoms with Gasteiger partial charge in [0, 0.05) is 12.3 Å². The van der Waals surface area contributed by atoms with Gasteiger partial charge in [-0.3, -0.25) is 24.6 Å². The van der Waals surface area contributed by atoms with Gasteiger partial charge in [0.25, 0.3) is 0 Å². The normalized spacial score (nSPS) is 21.0. The number of fused-ring (bicyclic) bond motifs is 1. The third-order valence-corrected chi connectivity index (χ3v) is 5.64. The zero-order valence-corrected chi connectivity index (χ0v) is 16.9. The van der Waals surface area contributed by atoms with Gasteiger partial charge in [-0.2, -0.15) is 0 Å². The molecule has 30 heavy (non-hydrogen) atoms. The van der Waals surface area contributed by atoms with Crippen LogP contribution in [0.5, 0.6) is 0 Å². The highest BCUT2D eigenvalue weighted by Crippen LogP contribution is 2.27. The molecule has 3 rings (SSSR count). The fourth-order valence-corrected chi connectivity index (χ4v) is 4.00. The predicted octanol–water partition coefficient (Wildman–Crippen LogP) is 0.478. The number of carboxylic acids is 2. The van der Waals surface area contributed by atoms with Crippen molar-refractivity contribution in [2.24, 2.45) is 5.92 Å². The zero-order valence-electron chi connectivity index (χ0n) is 16.9. The number of aliphatic carboxylic acids is 2. The molecule has 1 amide bonds. The molecule has 9 heteroatoms. The first kappa shape index (κ1) is 22.2. The summed E-state index contributed by atoms with van der Waals surface area (Å²) in [5.41, 5.74) is 1.42. The van der Waals surface area contributed by atoms with Crippen molar-refractivity contribution in [3.8, 4) is 0 Å². The molecule has 1 unspecified atom stereocenters. The number of para-hydroxylation sites is 1. The Morgan fingerprint density at radius 1 is 1.20 bits per heavy atom. The lowest BCUT2D eigenvalue weighted by atomic mass is 9.99. The average Bonchev–Trinajstić information content (AvgIpc) is 2.85. The molecular formula is C21H29N3O6. The summed E-state index contributed by atoms with van der Waals surface area (Å²) in [7, 11) is 0. The third-order valence-electron chi connectivity index (χ3n) is 5.64. The van der Waals surface area contributed by atoms with Crippen LogP contribution >= 0.6 is 0 Å². The second-order valence-electron chi connectivity index (χ2n) is 7.83. The maximum atomic E-state index is 13.1. The molecule has 4 N–H and O–H groups in total. The van der Waals surface area contributed by atoms with Crippen molar-refractivity contribution in [1.29, 1.82) is 0 Å². The number of piperidine rings is 1. The quantitative estimate of drug-likeness (QED) is 0.455. The van der Waals surface area contributed by atoms with E-state index < -0.39 is 36.5 Å². The number of hydrogen-bond donors (Lipinski definition) is 4. The highest BCUT2D eigenvalue weighted by Gasteiger charge is 2.34. The molecule has 0 saturated carbocycles. The van der Waals surface area contributed by atoms with E-state index in [-0.39, 0.29) is 6.61 Å². The molecule has 0 aliphatic carbocycles. The van der Waals surface area contributed by atoms with Crippen LogP contribution in [0.25, 0.3) is 0 Å². The van der Waals surface area contributed by atoms with Crippen molar-refractivity contribution in [1.82, 2.24) is 10.6 Å². The number of anilines is 1. The van der Waals surface area contributed by atoms with E-state index in [1.807, 2.05) is 12.1 Å². The van der Waals surface area contributed by atoms with Crippen molar-refractivity contribution in [2.45, 2.75) is 37.8 Å². The maximum Gasteiger partial charge on any atom is 0.323 e. The first-order valence-electron chi connectivity index (χ1n) is 10.3. The van der Waals surface area contributed by atoms with Gasteiger partial charge in [-0.05, 0) is 56.3 Å². The molecule has 2 aliphatic heterocycles. The molecular weight excluding hydrogens is 390 g/mol. The molecule has 0 radical (unpaired) electrons. The molecule has 2 atom stereocenters. The van der Waals surface area contributed by atoms with Gasteiger partial charge in [-0.15, -0.1) is 0 Å². The van der Waals surface area contributed by atoms with E-state index >= 15 is 0 Å². The van der Waals surface area contributed by atoms with Crippen molar-refractivity contribution < 1.29 is 29.3 Å². The molecule has 2 aliphatic rings. The number of carbonyl (C=O) groups excluding carboxylic acids is 1. The van der Waals surface area contributed by atoms with E-state index in [1.54, 1.807) is 12.1 Å². The first-order chi connectivity index (χ1) is 14.5. The number of benzene rings is 1. The van der Waals surface area contributed by atoms with Crippen LogP contribution in [-0.4, -0.2) is 73.0 Å². The second kappa shape index (κ2) is 10.5. The Morgan fingerprint density at radius 3 is 2.63 bits per heavy atom. The molecule has 0 aromatic heterocycles. The van der Waals surface area contributed by atoms with Crippen LogP contribution in [0.2, 0.25) is 0 Å². The van der Waals surface area contributed by atoms with E-state index in [9.17, 15) is 24.6 Å². The number of nitrogens with one attached hydrogen (secondary N) is 2. The molecule has 164 valence electrons. The number of hydrogen-bond acceptors (Lipinski definition) is 6. The van der Waals surface area contributed by atoms with Gasteiger partial charge in [0.15, 0.2) is 0 Å². The van der Waals surface area contributed by atoms with Gasteiger partial charge in [-0.25, -0.2) is 0 Å². The summed E-state index contributed by atoms with van der Waals surface area (Å²) in [6.07, 6.45) is 2.91. The van der Waals surface area contributed by atoms with E-state index in [0.29, 0.717) is 31.1 Å². The Morgan fingerprint density at radius 2 is 1.93 bits per heavy atom. The van der Waals surface area contributed by atoms with E-state index in [0.717, 1.165) is 31.5 Å². The van der Waals surface area contributed by atoms with Gasteiger partial charge in [0.2, 0.25) is 5.91 Å². The molecule has 2 heterocycles. The predicted molar refractivity (Wildman–Crippen MR) is 110 cm³/mol. The Labute approximate surface area is 175 Å². The van der Waals surface area contributed by atoms with Crippen LogP contribution in [-0.2, 0) is 25.5 Å². The van der Waals surface area contributed by atoms with E-state index in [2.05, 4.69) is 10.6 Å². The summed E-state index contributed by atoms with van der Waals surface area (Å²) >= 11 is 0. The van der Waals surface area contributed by atoms with E-state index in [4.69, 9.17) is 4.74 Å². The molecule has 1 aromatic rings. The number of aryl methyl sites for hydroxylation is 1. The minimum absolute atomic E-state index is 0.0467. The summed E-state index contributed by atoms with van der Waals surface area (Å²) < 4.78 is 5.67. The Hall–Kier alpha value is -2.49. The van der Waals surface area contributed by atoms with Crippen molar-refractivity contribution in [2.75, 3.05) is 37.7 Å². The number of carbonyl (C=O) groups is 3. The van der Waals surface area contributed by atoms with Crippen molar-refractivity contribution in [3.05, 3.63) is 29.8 Å². The summed E-state index contributed by atoms with van der Waals surface area (Å²) in [6, 6.07) is 5.31. The van der Waals surface area contributed by atoms with Crippen LogP contribution in [0.3, 0.4) is 0 Å². The molecule has 1 aromatic carbocycles. The second-order valence-corrected chi connectivity index (χ2v) is 7.83. The Balaban J connectivity index is 1.66. The van der Waals surface area contributed by atoms with Crippen LogP contribution in [0.4, 0.5) is 5.69 Å². The van der Waals surface area contributed by atoms with Gasteiger partial charge >= 0.3 is 11.9 Å². The first-order valence-corrected chi connectivity index (χ1v) is 10.3. The highest BCUT2D eigenvalue weighted by atomic mass is 16.5. The number of ether oxygens (including phenoxy) is 1. The van der Waals surface area contributed by atoms with Gasteiger partial charge in [0.1, 0.15) is 12.6 Å². The SMILES string of the molecule is O=C(O)CN1C(=O)C(N[C@@H](COCC2CCNCC2)C(=O)O)CCc2ccccc21. The summed E-state index contributed by atoms with van der Waals surface area (Å²) in [5, 5.41) is 25.1. The fraction of sp³-hybridized carbons (Fsp3) is 0.571. The zero-order chi connectivity index (χ0) is 21.5. The summed E-state index contributed by atoms with van der Waals surface area (Å²) in [5.74, 6) is -2.26. The van der Waals surface area contributed by atoms with Crippen LogP contribution < -0.4 is 15.5 Å². The van der Waals surface area contributed by atoms with Gasteiger partial charge in [-0.1, -0.05) is 18.2 Å². The van der Waals surface area contributed by atoms with Crippen molar-refractivity contribution >= 4 is 23.5 Å². The fourth-order valence-electron chi connectivity index (χ4n) is 4.00. The third kappa shape index (κ3) is 5.78.